The molecule has 2 aromatic carbocycles. The Hall–Kier alpha value is -2.61. The van der Waals surface area contributed by atoms with Gasteiger partial charge in [0.15, 0.2) is 0 Å². The minimum Gasteiger partial charge on any atom is -0.350 e. The number of aliphatic imine (C=N–C) groups is 1. The van der Waals surface area contributed by atoms with Crippen LogP contribution in [-0.2, 0) is 0 Å². The molecule has 4 rings (SSSR count). The van der Waals surface area contributed by atoms with Gasteiger partial charge in [-0.1, -0.05) is 66.3 Å². The zero-order valence-corrected chi connectivity index (χ0v) is 13.3. The smallest absolute Gasteiger partial charge is 0.0903 e. The molecule has 0 saturated heterocycles. The van der Waals surface area contributed by atoms with E-state index in [9.17, 15) is 0 Å². The normalized spacial score (nSPS) is 22.7. The molecule has 114 valence electrons. The zero-order valence-electron chi connectivity index (χ0n) is 13.3. The molecule has 23 heavy (non-hydrogen) atoms. The molecule has 0 fully saturated rings. The van der Waals surface area contributed by atoms with Gasteiger partial charge in [0.2, 0.25) is 0 Å². The Morgan fingerprint density at radius 1 is 0.957 bits per heavy atom. The van der Waals surface area contributed by atoms with Crippen LogP contribution in [0.2, 0.25) is 0 Å². The van der Waals surface area contributed by atoms with Crippen molar-refractivity contribution in [2.75, 3.05) is 11.4 Å². The summed E-state index contributed by atoms with van der Waals surface area (Å²) in [4.78, 5) is 7.34. The lowest BCUT2D eigenvalue weighted by Crippen LogP contribution is -2.47. The van der Waals surface area contributed by atoms with E-state index in [0.29, 0.717) is 0 Å². The molecule has 2 heteroatoms. The third kappa shape index (κ3) is 2.61. The summed E-state index contributed by atoms with van der Waals surface area (Å²) in [6.07, 6.45) is 8.57. The standard InChI is InChI=1S/C21H20N2/c1-16-11-13-17(14-12-16)21-15-22-19-9-5-6-10-20(19)23(21)18-7-3-2-4-8-18/h2-14,20-21H,15H2,1H3. The molecule has 2 aliphatic rings. The summed E-state index contributed by atoms with van der Waals surface area (Å²) in [6.45, 7) is 2.92. The van der Waals surface area contributed by atoms with Gasteiger partial charge in [0.05, 0.1) is 24.3 Å². The van der Waals surface area contributed by atoms with Gasteiger partial charge in [-0.3, -0.25) is 4.99 Å². The van der Waals surface area contributed by atoms with E-state index in [1.165, 1.54) is 16.8 Å². The summed E-state index contributed by atoms with van der Waals surface area (Å²) < 4.78 is 0. The molecule has 2 nitrogen and oxygen atoms in total. The Morgan fingerprint density at radius 3 is 2.52 bits per heavy atom. The van der Waals surface area contributed by atoms with Crippen LogP contribution in [0, 0.1) is 6.92 Å². The maximum absolute atomic E-state index is 4.84. The van der Waals surface area contributed by atoms with Gasteiger partial charge in [0, 0.05) is 5.69 Å². The average molecular weight is 300 g/mol. The van der Waals surface area contributed by atoms with E-state index < -0.39 is 0 Å². The number of rotatable bonds is 2. The van der Waals surface area contributed by atoms with Crippen LogP contribution >= 0.6 is 0 Å². The predicted octanol–water partition coefficient (Wildman–Crippen LogP) is 4.49. The maximum Gasteiger partial charge on any atom is 0.0903 e. The highest BCUT2D eigenvalue weighted by Gasteiger charge is 2.32. The molecule has 2 aromatic rings. The molecule has 0 bridgehead atoms. The number of fused-ring (bicyclic) bond motifs is 1. The first-order valence-electron chi connectivity index (χ1n) is 8.12. The summed E-state index contributed by atoms with van der Waals surface area (Å²) in [5.41, 5.74) is 5.01. The molecule has 1 aliphatic carbocycles. The van der Waals surface area contributed by atoms with E-state index in [-0.39, 0.29) is 12.1 Å². The second-order valence-corrected chi connectivity index (χ2v) is 6.12. The Kier molecular flexibility index (Phi) is 3.58. The van der Waals surface area contributed by atoms with Crippen molar-refractivity contribution in [3.63, 3.8) is 0 Å². The molecule has 0 radical (unpaired) electrons. The Bertz CT molecular complexity index is 769. The topological polar surface area (TPSA) is 15.6 Å². The highest BCUT2D eigenvalue weighted by Crippen LogP contribution is 2.34. The van der Waals surface area contributed by atoms with Crippen molar-refractivity contribution in [1.29, 1.82) is 0 Å². The highest BCUT2D eigenvalue weighted by molar-refractivity contribution is 6.04. The Morgan fingerprint density at radius 2 is 1.74 bits per heavy atom. The first kappa shape index (κ1) is 14.0. The van der Waals surface area contributed by atoms with Gasteiger partial charge in [-0.15, -0.1) is 0 Å². The van der Waals surface area contributed by atoms with Crippen molar-refractivity contribution in [3.8, 4) is 0 Å². The summed E-state index contributed by atoms with van der Waals surface area (Å²) in [5.74, 6) is 0. The minimum atomic E-state index is 0.211. The van der Waals surface area contributed by atoms with Crippen LogP contribution in [0.25, 0.3) is 0 Å². The number of benzene rings is 2. The SMILES string of the molecule is Cc1ccc(C2CN=C3C=CC=CC3N2c2ccccc2)cc1. The second-order valence-electron chi connectivity index (χ2n) is 6.12. The molecule has 2 atom stereocenters. The molecule has 0 saturated carbocycles. The summed E-state index contributed by atoms with van der Waals surface area (Å²) in [5, 5.41) is 0. The average Bonchev–Trinajstić information content (AvgIpc) is 2.62. The van der Waals surface area contributed by atoms with E-state index >= 15 is 0 Å². The van der Waals surface area contributed by atoms with Crippen molar-refractivity contribution in [1.82, 2.24) is 0 Å². The monoisotopic (exact) mass is 300 g/mol. The van der Waals surface area contributed by atoms with Gasteiger partial charge < -0.3 is 4.90 Å². The molecule has 0 spiro atoms. The van der Waals surface area contributed by atoms with Crippen molar-refractivity contribution >= 4 is 11.4 Å². The molecule has 0 amide bonds. The van der Waals surface area contributed by atoms with Crippen LogP contribution in [0.1, 0.15) is 17.2 Å². The molecule has 1 heterocycles. The van der Waals surface area contributed by atoms with Crippen LogP contribution in [0.5, 0.6) is 0 Å². The van der Waals surface area contributed by atoms with Crippen LogP contribution in [-0.4, -0.2) is 18.3 Å². The molecular weight excluding hydrogens is 280 g/mol. The van der Waals surface area contributed by atoms with Crippen LogP contribution in [0.15, 0.2) is 83.9 Å². The summed E-state index contributed by atoms with van der Waals surface area (Å²) in [7, 11) is 0. The first-order valence-corrected chi connectivity index (χ1v) is 8.12. The Balaban J connectivity index is 1.80. The van der Waals surface area contributed by atoms with Gasteiger partial charge in [-0.2, -0.15) is 0 Å². The van der Waals surface area contributed by atoms with Gasteiger partial charge in [-0.05, 0) is 30.7 Å². The lowest BCUT2D eigenvalue weighted by Gasteiger charge is -2.42. The van der Waals surface area contributed by atoms with Crippen molar-refractivity contribution in [3.05, 3.63) is 90.0 Å². The lowest BCUT2D eigenvalue weighted by molar-refractivity contribution is 0.605. The van der Waals surface area contributed by atoms with E-state index in [1.807, 2.05) is 0 Å². The summed E-state index contributed by atoms with van der Waals surface area (Å²) in [6, 6.07) is 20.0. The van der Waals surface area contributed by atoms with Gasteiger partial charge in [0.25, 0.3) is 0 Å². The fourth-order valence-electron chi connectivity index (χ4n) is 3.37. The number of anilines is 1. The number of hydrogen-bond acceptors (Lipinski definition) is 2. The highest BCUT2D eigenvalue weighted by atomic mass is 15.2. The van der Waals surface area contributed by atoms with Crippen LogP contribution < -0.4 is 4.90 Å². The number of aryl methyl sites for hydroxylation is 1. The van der Waals surface area contributed by atoms with E-state index in [1.54, 1.807) is 0 Å². The number of para-hydroxylation sites is 1. The zero-order chi connectivity index (χ0) is 15.6. The third-order valence-electron chi connectivity index (χ3n) is 4.57. The second kappa shape index (κ2) is 5.88. The predicted molar refractivity (Wildman–Crippen MR) is 97.2 cm³/mol. The first-order chi connectivity index (χ1) is 11.3. The van der Waals surface area contributed by atoms with Crippen molar-refractivity contribution < 1.29 is 0 Å². The fourth-order valence-corrected chi connectivity index (χ4v) is 3.37. The van der Waals surface area contributed by atoms with Gasteiger partial charge in [0.1, 0.15) is 0 Å². The summed E-state index contributed by atoms with van der Waals surface area (Å²) >= 11 is 0. The van der Waals surface area contributed by atoms with E-state index in [4.69, 9.17) is 4.99 Å². The molecule has 0 aromatic heterocycles. The fraction of sp³-hybridized carbons (Fsp3) is 0.190. The Labute approximate surface area is 137 Å². The molecule has 2 unspecified atom stereocenters. The lowest BCUT2D eigenvalue weighted by atomic mass is 9.94. The van der Waals surface area contributed by atoms with Crippen LogP contribution in [0.4, 0.5) is 5.69 Å². The van der Waals surface area contributed by atoms with Crippen molar-refractivity contribution in [2.24, 2.45) is 4.99 Å². The van der Waals surface area contributed by atoms with Gasteiger partial charge >= 0.3 is 0 Å². The van der Waals surface area contributed by atoms with E-state index in [2.05, 4.69) is 90.7 Å². The quantitative estimate of drug-likeness (QED) is 0.797. The van der Waals surface area contributed by atoms with Gasteiger partial charge in [-0.25, -0.2) is 0 Å². The van der Waals surface area contributed by atoms with Crippen LogP contribution in [0.3, 0.4) is 0 Å². The number of nitrogens with zero attached hydrogens (tertiary/aromatic N) is 2. The number of allylic oxidation sites excluding steroid dienone is 2. The number of hydrogen-bond donors (Lipinski definition) is 0. The van der Waals surface area contributed by atoms with E-state index in [0.717, 1.165) is 12.3 Å². The molecular formula is C21H20N2. The molecule has 1 aliphatic heterocycles. The third-order valence-corrected chi connectivity index (χ3v) is 4.57. The minimum absolute atomic E-state index is 0.211. The largest absolute Gasteiger partial charge is 0.350 e. The maximum atomic E-state index is 4.84. The molecule has 0 N–H and O–H groups in total. The van der Waals surface area contributed by atoms with Crippen molar-refractivity contribution in [2.45, 2.75) is 19.0 Å².